The van der Waals surface area contributed by atoms with Crippen molar-refractivity contribution in [2.45, 2.75) is 0 Å². The number of carbonyl (C=O) groups is 2. The number of nitrogens with two attached hydrogens (primary N) is 1. The van der Waals surface area contributed by atoms with Gasteiger partial charge in [-0.05, 0) is 60.7 Å². The number of benzene rings is 2. The van der Waals surface area contributed by atoms with Gasteiger partial charge >= 0.3 is 0 Å². The van der Waals surface area contributed by atoms with Gasteiger partial charge in [0.1, 0.15) is 17.1 Å². The maximum absolute atomic E-state index is 12.3. The van der Waals surface area contributed by atoms with Crippen molar-refractivity contribution in [2.75, 3.05) is 5.32 Å². The first-order chi connectivity index (χ1) is 15.0. The second-order valence-corrected chi connectivity index (χ2v) is 6.92. The van der Waals surface area contributed by atoms with E-state index in [1.807, 2.05) is 24.4 Å². The highest BCUT2D eigenvalue weighted by Crippen LogP contribution is 2.24. The Labute approximate surface area is 182 Å². The van der Waals surface area contributed by atoms with E-state index in [1.165, 1.54) is 6.08 Å². The lowest BCUT2D eigenvalue weighted by Crippen LogP contribution is -2.10. The summed E-state index contributed by atoms with van der Waals surface area (Å²) in [4.78, 5) is 27.8. The number of carbonyl (C=O) groups excluding carboxylic acids is 2. The fraction of sp³-hybridized carbons (Fsp3) is 0. The lowest BCUT2D eigenvalue weighted by atomic mass is 10.2. The molecule has 0 spiro atoms. The van der Waals surface area contributed by atoms with Crippen LogP contribution in [0.1, 0.15) is 16.1 Å². The third kappa shape index (κ3) is 4.73. The lowest BCUT2D eigenvalue weighted by Gasteiger charge is -2.08. The van der Waals surface area contributed by atoms with E-state index < -0.39 is 5.91 Å². The Kier molecular flexibility index (Phi) is 5.68. The first kappa shape index (κ1) is 20.2. The van der Waals surface area contributed by atoms with Crippen LogP contribution in [0.4, 0.5) is 5.69 Å². The summed E-state index contributed by atoms with van der Waals surface area (Å²) in [6.07, 6.45) is 4.83. The summed E-state index contributed by atoms with van der Waals surface area (Å²) in [5, 5.41) is 3.09. The van der Waals surface area contributed by atoms with Crippen LogP contribution < -0.4 is 15.8 Å². The zero-order chi connectivity index (χ0) is 21.8. The predicted octanol–water partition coefficient (Wildman–Crippen LogP) is 4.53. The van der Waals surface area contributed by atoms with Crippen molar-refractivity contribution in [1.29, 1.82) is 0 Å². The summed E-state index contributed by atoms with van der Waals surface area (Å²) in [6, 6.07) is 19.0. The van der Waals surface area contributed by atoms with Crippen LogP contribution in [0.5, 0.6) is 11.5 Å². The minimum Gasteiger partial charge on any atom is -0.457 e. The Morgan fingerprint density at radius 1 is 1.03 bits per heavy atom. The summed E-state index contributed by atoms with van der Waals surface area (Å²) in [5.74, 6) is 0.195. The zero-order valence-corrected chi connectivity index (χ0v) is 16.9. The smallest absolute Gasteiger partial charge is 0.248 e. The van der Waals surface area contributed by atoms with Gasteiger partial charge < -0.3 is 15.8 Å². The molecule has 0 fully saturated rings. The molecule has 0 aliphatic heterocycles. The molecule has 154 valence electrons. The number of primary amides is 1. The van der Waals surface area contributed by atoms with Crippen LogP contribution in [0.2, 0.25) is 5.15 Å². The Bertz CT molecular complexity index is 1300. The standard InChI is InChI=1S/C23H17ClN4O3/c24-22-19(28-13-2-1-6-20(28)27-22)11-12-21(29)26-16-7-9-17(10-8-16)31-18-5-3-4-15(14-18)23(25)30/h1-14H,(H2,25,30)(H,26,29)/b12-11+. The van der Waals surface area contributed by atoms with E-state index in [0.29, 0.717) is 39.2 Å². The molecule has 0 radical (unpaired) electrons. The number of nitrogens with zero attached hydrogens (tertiary/aromatic N) is 2. The fourth-order valence-electron chi connectivity index (χ4n) is 2.93. The van der Waals surface area contributed by atoms with Gasteiger partial charge in [0, 0.05) is 23.5 Å². The first-order valence-electron chi connectivity index (χ1n) is 9.29. The van der Waals surface area contributed by atoms with Crippen LogP contribution in [-0.4, -0.2) is 21.2 Å². The molecule has 2 aromatic carbocycles. The van der Waals surface area contributed by atoms with Gasteiger partial charge in [0.15, 0.2) is 5.15 Å². The first-order valence-corrected chi connectivity index (χ1v) is 9.67. The molecule has 0 saturated carbocycles. The topological polar surface area (TPSA) is 98.7 Å². The summed E-state index contributed by atoms with van der Waals surface area (Å²) in [7, 11) is 0. The highest BCUT2D eigenvalue weighted by atomic mass is 35.5. The molecule has 8 heteroatoms. The molecule has 3 N–H and O–H groups in total. The monoisotopic (exact) mass is 432 g/mol. The second kappa shape index (κ2) is 8.73. The molecule has 4 aromatic rings. The van der Waals surface area contributed by atoms with Crippen LogP contribution in [0.3, 0.4) is 0 Å². The molecule has 4 rings (SSSR count). The maximum Gasteiger partial charge on any atom is 0.248 e. The van der Waals surface area contributed by atoms with Gasteiger partial charge in [-0.15, -0.1) is 0 Å². The molecule has 2 aromatic heterocycles. The Morgan fingerprint density at radius 3 is 2.61 bits per heavy atom. The highest BCUT2D eigenvalue weighted by molar-refractivity contribution is 6.31. The average molecular weight is 433 g/mol. The number of aromatic nitrogens is 2. The zero-order valence-electron chi connectivity index (χ0n) is 16.2. The minimum absolute atomic E-state index is 0.315. The van der Waals surface area contributed by atoms with E-state index in [-0.39, 0.29) is 5.91 Å². The molecule has 0 aliphatic carbocycles. The normalized spacial score (nSPS) is 11.0. The van der Waals surface area contributed by atoms with Gasteiger partial charge in [0.05, 0.1) is 5.69 Å². The van der Waals surface area contributed by atoms with Crippen molar-refractivity contribution in [3.63, 3.8) is 0 Å². The summed E-state index contributed by atoms with van der Waals surface area (Å²) in [5.41, 5.74) is 7.55. The molecular formula is C23H17ClN4O3. The predicted molar refractivity (Wildman–Crippen MR) is 119 cm³/mol. The maximum atomic E-state index is 12.3. The van der Waals surface area contributed by atoms with E-state index in [9.17, 15) is 9.59 Å². The van der Waals surface area contributed by atoms with Crippen molar-refractivity contribution in [2.24, 2.45) is 5.73 Å². The number of pyridine rings is 1. The van der Waals surface area contributed by atoms with Gasteiger partial charge in [0.25, 0.3) is 0 Å². The number of hydrogen-bond acceptors (Lipinski definition) is 4. The molecule has 0 atom stereocenters. The number of rotatable bonds is 6. The molecule has 0 aliphatic rings. The van der Waals surface area contributed by atoms with Gasteiger partial charge in [-0.2, -0.15) is 0 Å². The number of amides is 2. The van der Waals surface area contributed by atoms with Crippen molar-refractivity contribution >= 4 is 40.8 Å². The van der Waals surface area contributed by atoms with E-state index >= 15 is 0 Å². The van der Waals surface area contributed by atoms with Crippen LogP contribution >= 0.6 is 11.6 Å². The quantitative estimate of drug-likeness (QED) is 0.437. The van der Waals surface area contributed by atoms with Gasteiger partial charge in [-0.1, -0.05) is 23.7 Å². The van der Waals surface area contributed by atoms with Crippen LogP contribution in [0.25, 0.3) is 11.7 Å². The van der Waals surface area contributed by atoms with Gasteiger partial charge in [0.2, 0.25) is 11.8 Å². The summed E-state index contributed by atoms with van der Waals surface area (Å²) < 4.78 is 7.52. The number of hydrogen-bond donors (Lipinski definition) is 2. The lowest BCUT2D eigenvalue weighted by molar-refractivity contribution is -0.111. The van der Waals surface area contributed by atoms with Gasteiger partial charge in [-0.3, -0.25) is 14.0 Å². The van der Waals surface area contributed by atoms with Crippen LogP contribution in [0.15, 0.2) is 79.0 Å². The third-order valence-corrected chi connectivity index (χ3v) is 4.67. The van der Waals surface area contributed by atoms with Crippen molar-refractivity contribution in [3.05, 3.63) is 95.4 Å². The second-order valence-electron chi connectivity index (χ2n) is 6.56. The van der Waals surface area contributed by atoms with Crippen molar-refractivity contribution in [3.8, 4) is 11.5 Å². The van der Waals surface area contributed by atoms with Crippen LogP contribution in [0, 0.1) is 0 Å². The van der Waals surface area contributed by atoms with E-state index in [2.05, 4.69) is 10.3 Å². The molecule has 0 bridgehead atoms. The number of anilines is 1. The highest BCUT2D eigenvalue weighted by Gasteiger charge is 2.08. The van der Waals surface area contributed by atoms with Crippen LogP contribution in [-0.2, 0) is 4.79 Å². The molecule has 2 amide bonds. The number of fused-ring (bicyclic) bond motifs is 1. The number of nitrogens with one attached hydrogen (secondary N) is 1. The molecule has 0 unspecified atom stereocenters. The number of ether oxygens (including phenoxy) is 1. The Hall–Kier alpha value is -4.10. The molecule has 31 heavy (non-hydrogen) atoms. The van der Waals surface area contributed by atoms with E-state index in [4.69, 9.17) is 22.1 Å². The van der Waals surface area contributed by atoms with Crippen molar-refractivity contribution < 1.29 is 14.3 Å². The summed E-state index contributed by atoms with van der Waals surface area (Å²) in [6.45, 7) is 0. The molecule has 2 heterocycles. The Balaban J connectivity index is 1.41. The SMILES string of the molecule is NC(=O)c1cccc(Oc2ccc(NC(=O)/C=C/c3c(Cl)nc4ccccn34)cc2)c1. The van der Waals surface area contributed by atoms with Gasteiger partial charge in [-0.25, -0.2) is 4.98 Å². The molecular weight excluding hydrogens is 416 g/mol. The van der Waals surface area contributed by atoms with E-state index in [0.717, 1.165) is 0 Å². The largest absolute Gasteiger partial charge is 0.457 e. The Morgan fingerprint density at radius 2 is 1.84 bits per heavy atom. The molecule has 0 saturated heterocycles. The number of imidazole rings is 1. The molecule has 7 nitrogen and oxygen atoms in total. The minimum atomic E-state index is -0.526. The third-order valence-electron chi connectivity index (χ3n) is 4.39. The average Bonchev–Trinajstić information content (AvgIpc) is 3.09. The summed E-state index contributed by atoms with van der Waals surface area (Å²) >= 11 is 6.17. The van der Waals surface area contributed by atoms with E-state index in [1.54, 1.807) is 59.0 Å². The number of halogens is 1. The fourth-order valence-corrected chi connectivity index (χ4v) is 3.17. The van der Waals surface area contributed by atoms with Crippen molar-refractivity contribution in [1.82, 2.24) is 9.38 Å².